The fourth-order valence-electron chi connectivity index (χ4n) is 4.82. The minimum atomic E-state index is -5.08. The number of benzene rings is 2. The third kappa shape index (κ3) is 6.04. The van der Waals surface area contributed by atoms with E-state index in [1.807, 2.05) is 0 Å². The first-order valence-corrected chi connectivity index (χ1v) is 15.0. The van der Waals surface area contributed by atoms with Crippen molar-refractivity contribution in [3.63, 3.8) is 0 Å². The molecule has 0 spiro atoms. The number of sulfonamides is 1. The Morgan fingerprint density at radius 2 is 1.54 bits per heavy atom. The Morgan fingerprint density at radius 1 is 0.897 bits per heavy atom. The highest BCUT2D eigenvalue weighted by Crippen LogP contribution is 2.36. The Bertz CT molecular complexity index is 1460. The SMILES string of the molecule is O=C([C@H]1CCCN1C(=O)[O-])N1CCC(NS(=O)(=O)c2cc(S(=O)(=O)c3ccccc3)ccc2C(F)(F)F)CC1. The van der Waals surface area contributed by atoms with Gasteiger partial charge in [0.1, 0.15) is 12.1 Å². The van der Waals surface area contributed by atoms with Crippen molar-refractivity contribution >= 4 is 31.9 Å². The van der Waals surface area contributed by atoms with Crippen molar-refractivity contribution < 1.29 is 44.7 Å². The maximum Gasteiger partial charge on any atom is 0.417 e. The second kappa shape index (κ2) is 10.8. The first-order valence-electron chi connectivity index (χ1n) is 12.0. The van der Waals surface area contributed by atoms with Gasteiger partial charge in [0.25, 0.3) is 0 Å². The molecular formula is C24H25F3N3O7S2-. The molecule has 0 radical (unpaired) electrons. The van der Waals surface area contributed by atoms with Gasteiger partial charge < -0.3 is 19.7 Å². The van der Waals surface area contributed by atoms with Gasteiger partial charge in [0.05, 0.1) is 20.2 Å². The smallest absolute Gasteiger partial charge is 0.417 e. The van der Waals surface area contributed by atoms with Crippen LogP contribution in [-0.4, -0.2) is 70.4 Å². The summed E-state index contributed by atoms with van der Waals surface area (Å²) in [4.78, 5) is 24.4. The van der Waals surface area contributed by atoms with Gasteiger partial charge in [-0.05, 0) is 56.0 Å². The van der Waals surface area contributed by atoms with Crippen LogP contribution in [0, 0.1) is 0 Å². The molecule has 2 aromatic rings. The molecule has 2 aliphatic heterocycles. The van der Waals surface area contributed by atoms with Crippen molar-refractivity contribution in [3.05, 3.63) is 54.1 Å². The van der Waals surface area contributed by atoms with Gasteiger partial charge in [-0.3, -0.25) is 4.79 Å². The predicted molar refractivity (Wildman–Crippen MR) is 128 cm³/mol. The Morgan fingerprint density at radius 3 is 2.13 bits per heavy atom. The molecule has 4 rings (SSSR count). The molecule has 1 atom stereocenters. The van der Waals surface area contributed by atoms with Crippen LogP contribution in [0.3, 0.4) is 0 Å². The van der Waals surface area contributed by atoms with Gasteiger partial charge in [0, 0.05) is 25.7 Å². The van der Waals surface area contributed by atoms with Gasteiger partial charge in [-0.15, -0.1) is 0 Å². The molecule has 2 amide bonds. The minimum Gasteiger partial charge on any atom is -0.530 e. The van der Waals surface area contributed by atoms with E-state index in [2.05, 4.69) is 4.72 Å². The largest absolute Gasteiger partial charge is 0.530 e. The number of piperidine rings is 1. The van der Waals surface area contributed by atoms with Gasteiger partial charge in [0.15, 0.2) is 0 Å². The molecule has 0 unspecified atom stereocenters. The topological polar surface area (TPSA) is 144 Å². The summed E-state index contributed by atoms with van der Waals surface area (Å²) in [6.45, 7) is 0.283. The number of carboxylic acid groups (broad SMARTS) is 1. The normalized spacial score (nSPS) is 19.3. The quantitative estimate of drug-likeness (QED) is 0.540. The molecule has 1 N–H and O–H groups in total. The van der Waals surface area contributed by atoms with E-state index in [1.54, 1.807) is 6.07 Å². The number of carbonyl (C=O) groups is 2. The van der Waals surface area contributed by atoms with Crippen LogP contribution in [-0.2, 0) is 30.8 Å². The number of hydrogen-bond acceptors (Lipinski definition) is 7. The number of likely N-dealkylation sites (tertiary alicyclic amines) is 2. The molecule has 0 bridgehead atoms. The molecule has 2 aliphatic rings. The van der Waals surface area contributed by atoms with Crippen LogP contribution >= 0.6 is 0 Å². The highest BCUT2D eigenvalue weighted by Gasteiger charge is 2.40. The molecular weight excluding hydrogens is 563 g/mol. The predicted octanol–water partition coefficient (Wildman–Crippen LogP) is 1.62. The van der Waals surface area contributed by atoms with Gasteiger partial charge in [-0.2, -0.15) is 13.2 Å². The van der Waals surface area contributed by atoms with E-state index in [9.17, 15) is 44.7 Å². The highest BCUT2D eigenvalue weighted by molar-refractivity contribution is 7.91. The summed E-state index contributed by atoms with van der Waals surface area (Å²) in [5.41, 5.74) is -1.52. The molecule has 0 aliphatic carbocycles. The van der Waals surface area contributed by atoms with Crippen LogP contribution in [0.4, 0.5) is 18.0 Å². The Balaban J connectivity index is 1.54. The van der Waals surface area contributed by atoms with Crippen LogP contribution in [0.5, 0.6) is 0 Å². The van der Waals surface area contributed by atoms with Crippen molar-refractivity contribution in [3.8, 4) is 0 Å². The summed E-state index contributed by atoms with van der Waals surface area (Å²) in [5, 5.41) is 11.3. The van der Waals surface area contributed by atoms with E-state index in [0.717, 1.165) is 4.90 Å². The number of nitrogens with one attached hydrogen (secondary N) is 1. The number of nitrogens with zero attached hydrogens (tertiary/aromatic N) is 2. The van der Waals surface area contributed by atoms with Crippen LogP contribution in [0.15, 0.2) is 63.2 Å². The van der Waals surface area contributed by atoms with E-state index >= 15 is 0 Å². The van der Waals surface area contributed by atoms with Crippen molar-refractivity contribution in [2.45, 2.75) is 58.6 Å². The molecule has 10 nitrogen and oxygen atoms in total. The molecule has 212 valence electrons. The number of rotatable bonds is 6. The van der Waals surface area contributed by atoms with Crippen molar-refractivity contribution in [2.75, 3.05) is 19.6 Å². The number of carbonyl (C=O) groups excluding carboxylic acids is 2. The zero-order valence-corrected chi connectivity index (χ0v) is 22.1. The van der Waals surface area contributed by atoms with Crippen molar-refractivity contribution in [1.82, 2.24) is 14.5 Å². The van der Waals surface area contributed by atoms with Crippen LogP contribution in [0.25, 0.3) is 0 Å². The molecule has 0 saturated carbocycles. The second-order valence-corrected chi connectivity index (χ2v) is 12.9. The average Bonchev–Trinajstić information content (AvgIpc) is 3.39. The highest BCUT2D eigenvalue weighted by atomic mass is 32.2. The van der Waals surface area contributed by atoms with E-state index in [0.29, 0.717) is 31.0 Å². The summed E-state index contributed by atoms with van der Waals surface area (Å²) in [7, 11) is -9.15. The monoisotopic (exact) mass is 588 g/mol. The molecule has 15 heteroatoms. The van der Waals surface area contributed by atoms with Crippen molar-refractivity contribution in [2.24, 2.45) is 0 Å². The van der Waals surface area contributed by atoms with Gasteiger partial charge >= 0.3 is 6.18 Å². The maximum absolute atomic E-state index is 13.7. The van der Waals surface area contributed by atoms with E-state index in [4.69, 9.17) is 0 Å². The van der Waals surface area contributed by atoms with E-state index < -0.39 is 65.5 Å². The Labute approximate surface area is 223 Å². The lowest BCUT2D eigenvalue weighted by Crippen LogP contribution is -2.54. The third-order valence-electron chi connectivity index (χ3n) is 6.81. The number of halogens is 3. The van der Waals surface area contributed by atoms with E-state index in [1.165, 1.54) is 29.2 Å². The summed E-state index contributed by atoms with van der Waals surface area (Å²) in [5.74, 6) is -0.434. The second-order valence-electron chi connectivity index (χ2n) is 9.31. The van der Waals surface area contributed by atoms with E-state index in [-0.39, 0.29) is 37.4 Å². The van der Waals surface area contributed by atoms with Crippen LogP contribution < -0.4 is 9.83 Å². The lowest BCUT2D eigenvalue weighted by atomic mass is 10.0. The number of sulfone groups is 1. The zero-order valence-electron chi connectivity index (χ0n) is 20.4. The summed E-state index contributed by atoms with van der Waals surface area (Å²) in [6.07, 6.45) is -5.58. The number of amides is 2. The Kier molecular flexibility index (Phi) is 7.96. The van der Waals surface area contributed by atoms with Gasteiger partial charge in [-0.25, -0.2) is 21.6 Å². The zero-order chi connectivity index (χ0) is 28.6. The lowest BCUT2D eigenvalue weighted by molar-refractivity contribution is -0.266. The molecule has 39 heavy (non-hydrogen) atoms. The molecule has 0 aromatic heterocycles. The summed E-state index contributed by atoms with van der Waals surface area (Å²) in [6, 6.07) is 6.81. The Hall–Kier alpha value is -3.17. The summed E-state index contributed by atoms with van der Waals surface area (Å²) < 4.78 is 95.7. The molecule has 2 fully saturated rings. The first-order chi connectivity index (χ1) is 18.2. The number of alkyl halides is 3. The molecule has 2 heterocycles. The van der Waals surface area contributed by atoms with Crippen LogP contribution in [0.2, 0.25) is 0 Å². The van der Waals surface area contributed by atoms with Gasteiger partial charge in [0.2, 0.25) is 25.8 Å². The molecule has 2 aromatic carbocycles. The maximum atomic E-state index is 13.7. The van der Waals surface area contributed by atoms with Crippen molar-refractivity contribution in [1.29, 1.82) is 0 Å². The minimum absolute atomic E-state index is 0.0535. The average molecular weight is 589 g/mol. The standard InChI is InChI=1S/C24H26F3N3O7S2/c25-24(26,27)19-9-8-18(38(34,35)17-5-2-1-3-6-17)15-21(19)39(36,37)28-16-10-13-29(14-11-16)22(31)20-7-4-12-30(20)23(32)33/h1-3,5-6,8-9,15-16,20,28H,4,7,10-14H2,(H,32,33)/p-1/t20-/m1/s1. The fourth-order valence-corrected chi connectivity index (χ4v) is 7.75. The van der Waals surface area contributed by atoms with Crippen LogP contribution in [0.1, 0.15) is 31.2 Å². The van der Waals surface area contributed by atoms with Gasteiger partial charge in [-0.1, -0.05) is 18.2 Å². The third-order valence-corrected chi connectivity index (χ3v) is 10.1. The lowest BCUT2D eigenvalue weighted by Gasteiger charge is -2.36. The fraction of sp³-hybridized carbons (Fsp3) is 0.417. The summed E-state index contributed by atoms with van der Waals surface area (Å²) >= 11 is 0. The first kappa shape index (κ1) is 28.8. The molecule has 2 saturated heterocycles. The number of hydrogen-bond donors (Lipinski definition) is 1.